The van der Waals surface area contributed by atoms with Gasteiger partial charge in [-0.2, -0.15) is 5.10 Å². The van der Waals surface area contributed by atoms with Gasteiger partial charge in [0, 0.05) is 49.6 Å². The van der Waals surface area contributed by atoms with E-state index >= 15 is 0 Å². The molecule has 5 heterocycles. The first-order chi connectivity index (χ1) is 22.4. The molecule has 3 fully saturated rings. The molecular weight excluding hydrogens is 580 g/mol. The van der Waals surface area contributed by atoms with Crippen LogP contribution in [0.1, 0.15) is 61.6 Å². The number of piperidine rings is 3. The van der Waals surface area contributed by atoms with Crippen molar-refractivity contribution in [3.05, 3.63) is 65.4 Å². The molecule has 0 radical (unpaired) electrons. The van der Waals surface area contributed by atoms with E-state index in [2.05, 4.69) is 31.8 Å². The molecule has 3 N–H and O–H groups in total. The Bertz CT molecular complexity index is 1610. The monoisotopic (exact) mass is 624 g/mol. The minimum atomic E-state index is -0.868. The van der Waals surface area contributed by atoms with E-state index in [0.29, 0.717) is 57.3 Å². The maximum Gasteiger partial charge on any atom is 0.318 e. The Morgan fingerprint density at radius 1 is 0.978 bits per heavy atom. The van der Waals surface area contributed by atoms with Gasteiger partial charge in [-0.3, -0.25) is 19.7 Å². The number of rotatable bonds is 6. The van der Waals surface area contributed by atoms with E-state index in [-0.39, 0.29) is 17.8 Å². The van der Waals surface area contributed by atoms with Crippen LogP contribution < -0.4 is 10.6 Å². The normalized spacial score (nSPS) is 21.3. The third-order valence-corrected chi connectivity index (χ3v) is 10.4. The third-order valence-electron chi connectivity index (χ3n) is 10.4. The van der Waals surface area contributed by atoms with Gasteiger partial charge in [0.25, 0.3) is 5.91 Å². The van der Waals surface area contributed by atoms with Gasteiger partial charge in [0.15, 0.2) is 0 Å². The molecule has 2 aromatic carbocycles. The fourth-order valence-electron chi connectivity index (χ4n) is 7.73. The molecule has 1 atom stereocenters. The highest BCUT2D eigenvalue weighted by Crippen LogP contribution is 2.31. The van der Waals surface area contributed by atoms with Gasteiger partial charge in [-0.05, 0) is 75.7 Å². The van der Waals surface area contributed by atoms with Crippen LogP contribution in [0.3, 0.4) is 0 Å². The number of aryl methyl sites for hydroxylation is 1. The molecule has 0 aliphatic carbocycles. The van der Waals surface area contributed by atoms with Crippen LogP contribution in [0.15, 0.2) is 53.7 Å². The second-order valence-electron chi connectivity index (χ2n) is 13.4. The van der Waals surface area contributed by atoms with Crippen LogP contribution in [0.2, 0.25) is 0 Å². The summed E-state index contributed by atoms with van der Waals surface area (Å²) in [6.45, 7) is 6.51. The Balaban J connectivity index is 1.04. The largest absolute Gasteiger partial charge is 0.341 e. The van der Waals surface area contributed by atoms with Crippen LogP contribution in [0.4, 0.5) is 4.79 Å². The van der Waals surface area contributed by atoms with Gasteiger partial charge in [0.05, 0.1) is 11.7 Å². The number of amidine groups is 1. The first-order valence-corrected chi connectivity index (χ1v) is 16.9. The number of hydrogen-bond donors (Lipinski definition) is 3. The molecule has 11 nitrogen and oxygen atoms in total. The zero-order chi connectivity index (χ0) is 31.7. The molecule has 4 amide bonds. The van der Waals surface area contributed by atoms with Crippen molar-refractivity contribution < 1.29 is 14.4 Å². The Hall–Kier alpha value is -4.25. The lowest BCUT2D eigenvalue weighted by Crippen LogP contribution is -2.58. The Morgan fingerprint density at radius 3 is 2.46 bits per heavy atom. The highest BCUT2D eigenvalue weighted by atomic mass is 16.2. The maximum absolute atomic E-state index is 14.1. The predicted molar refractivity (Wildman–Crippen MR) is 177 cm³/mol. The van der Waals surface area contributed by atoms with Crippen LogP contribution in [-0.4, -0.2) is 105 Å². The van der Waals surface area contributed by atoms with Crippen molar-refractivity contribution in [2.45, 2.75) is 75.9 Å². The lowest BCUT2D eigenvalue weighted by molar-refractivity contribution is -0.135. The van der Waals surface area contributed by atoms with Crippen molar-refractivity contribution in [1.82, 2.24) is 35.5 Å². The van der Waals surface area contributed by atoms with E-state index in [1.807, 2.05) is 48.2 Å². The number of H-pyrrole nitrogens is 1. The molecule has 1 spiro atoms. The first kappa shape index (κ1) is 30.4. The summed E-state index contributed by atoms with van der Waals surface area (Å²) in [5.41, 5.74) is 3.02. The second kappa shape index (κ2) is 12.9. The predicted octanol–water partition coefficient (Wildman–Crippen LogP) is 3.38. The van der Waals surface area contributed by atoms with E-state index < -0.39 is 11.6 Å². The summed E-state index contributed by atoms with van der Waals surface area (Å²) in [5, 5.41) is 14.3. The summed E-state index contributed by atoms with van der Waals surface area (Å²) in [7, 11) is 0. The standard InChI is InChI=1S/C35H44N8O3/c1-24-20-25(21-27-23-36-40-30(24)27)22-29(32(44)42-16-10-28(11-17-42)41-14-6-3-7-15-41)37-34(46)43-18-12-35(13-19-43)33(45)38-31(39-35)26-8-4-2-5-9-26/h2,4-5,8-9,20-21,23,28-29H,3,6-7,10-19,22H2,1H3,(H,36,40)(H,37,46)(H,38,39,45). The molecule has 0 bridgehead atoms. The molecule has 7 rings (SSSR count). The van der Waals surface area contributed by atoms with Crippen LogP contribution in [-0.2, 0) is 16.0 Å². The van der Waals surface area contributed by atoms with Crippen molar-refractivity contribution >= 4 is 34.6 Å². The summed E-state index contributed by atoms with van der Waals surface area (Å²) in [4.78, 5) is 52.0. The number of fused-ring (bicyclic) bond motifs is 1. The Labute approximate surface area is 269 Å². The second-order valence-corrected chi connectivity index (χ2v) is 13.4. The number of nitrogens with one attached hydrogen (secondary N) is 3. The zero-order valence-corrected chi connectivity index (χ0v) is 26.6. The lowest BCUT2D eigenvalue weighted by Gasteiger charge is -2.41. The van der Waals surface area contributed by atoms with Crippen molar-refractivity contribution in [3.63, 3.8) is 0 Å². The van der Waals surface area contributed by atoms with Gasteiger partial charge in [-0.1, -0.05) is 42.8 Å². The molecule has 4 aliphatic rings. The van der Waals surface area contributed by atoms with Crippen molar-refractivity contribution in [2.75, 3.05) is 39.3 Å². The van der Waals surface area contributed by atoms with Gasteiger partial charge in [-0.15, -0.1) is 0 Å². The minimum absolute atomic E-state index is 0.0314. The number of hydrogen-bond acceptors (Lipinski definition) is 6. The molecule has 46 heavy (non-hydrogen) atoms. The number of aliphatic imine (C=N–C) groups is 1. The van der Waals surface area contributed by atoms with Crippen LogP contribution in [0, 0.1) is 6.92 Å². The Morgan fingerprint density at radius 2 is 1.72 bits per heavy atom. The van der Waals surface area contributed by atoms with Gasteiger partial charge >= 0.3 is 6.03 Å². The summed E-state index contributed by atoms with van der Waals surface area (Å²) < 4.78 is 0. The number of likely N-dealkylation sites (tertiary alicyclic amines) is 3. The van der Waals surface area contributed by atoms with E-state index in [1.165, 1.54) is 19.3 Å². The topological polar surface area (TPSA) is 126 Å². The summed E-state index contributed by atoms with van der Waals surface area (Å²) >= 11 is 0. The van der Waals surface area contributed by atoms with Gasteiger partial charge in [-0.25, -0.2) is 4.79 Å². The lowest BCUT2D eigenvalue weighted by atomic mass is 9.88. The number of carbonyl (C=O) groups is 3. The van der Waals surface area contributed by atoms with E-state index in [9.17, 15) is 14.4 Å². The van der Waals surface area contributed by atoms with Crippen molar-refractivity contribution in [3.8, 4) is 0 Å². The first-order valence-electron chi connectivity index (χ1n) is 16.9. The molecular formula is C35H44N8O3. The van der Waals surface area contributed by atoms with E-state index in [4.69, 9.17) is 4.99 Å². The fourth-order valence-corrected chi connectivity index (χ4v) is 7.73. The molecule has 1 aromatic heterocycles. The third kappa shape index (κ3) is 6.12. The van der Waals surface area contributed by atoms with Gasteiger partial charge in [0.2, 0.25) is 5.91 Å². The van der Waals surface area contributed by atoms with E-state index in [0.717, 1.165) is 53.5 Å². The van der Waals surface area contributed by atoms with Crippen molar-refractivity contribution in [1.29, 1.82) is 0 Å². The SMILES string of the molecule is Cc1cc(CC(NC(=O)N2CCC3(CC2)N=C(c2ccccc2)NC3=O)C(=O)N2CCC(N3CCCCC3)CC2)cc2cn[nH]c12. The average molecular weight is 625 g/mol. The number of urea groups is 1. The molecule has 1 unspecified atom stereocenters. The molecule has 3 saturated heterocycles. The minimum Gasteiger partial charge on any atom is -0.341 e. The summed E-state index contributed by atoms with van der Waals surface area (Å²) in [6.07, 6.45) is 8.82. The molecule has 3 aromatic rings. The van der Waals surface area contributed by atoms with Crippen LogP contribution in [0.5, 0.6) is 0 Å². The quantitative estimate of drug-likeness (QED) is 0.388. The summed E-state index contributed by atoms with van der Waals surface area (Å²) in [5.74, 6) is 0.441. The number of amides is 4. The van der Waals surface area contributed by atoms with Crippen LogP contribution in [0.25, 0.3) is 10.9 Å². The fraction of sp³-hybridized carbons (Fsp3) is 0.514. The molecule has 4 aliphatic heterocycles. The number of aromatic amines is 1. The average Bonchev–Trinajstić information content (AvgIpc) is 3.70. The summed E-state index contributed by atoms with van der Waals surface area (Å²) in [6, 6.07) is 13.3. The Kier molecular flexibility index (Phi) is 8.50. The van der Waals surface area contributed by atoms with Gasteiger partial charge in [0.1, 0.15) is 17.4 Å². The highest BCUT2D eigenvalue weighted by Gasteiger charge is 2.47. The molecule has 242 valence electrons. The van der Waals surface area contributed by atoms with Crippen molar-refractivity contribution in [2.24, 2.45) is 4.99 Å². The molecule has 0 saturated carbocycles. The zero-order valence-electron chi connectivity index (χ0n) is 26.6. The number of benzene rings is 2. The van der Waals surface area contributed by atoms with Gasteiger partial charge < -0.3 is 25.3 Å². The number of aromatic nitrogens is 2. The highest BCUT2D eigenvalue weighted by molar-refractivity contribution is 6.15. The van der Waals surface area contributed by atoms with E-state index in [1.54, 1.807) is 11.1 Å². The smallest absolute Gasteiger partial charge is 0.318 e. The number of carbonyl (C=O) groups excluding carboxylic acids is 3. The maximum atomic E-state index is 14.1. The van der Waals surface area contributed by atoms with Crippen LogP contribution >= 0.6 is 0 Å². The molecule has 11 heteroatoms. The number of nitrogens with zero attached hydrogens (tertiary/aromatic N) is 5.